The molecule has 1 heterocycles. The summed E-state index contributed by atoms with van der Waals surface area (Å²) in [5.41, 5.74) is 1.23. The van der Waals surface area contributed by atoms with Crippen LogP contribution >= 0.6 is 0 Å². The second-order valence-electron chi connectivity index (χ2n) is 5.78. The number of carbonyl (C=O) groups excluding carboxylic acids is 1. The highest BCUT2D eigenvalue weighted by atomic mass is 16.6. The highest BCUT2D eigenvalue weighted by molar-refractivity contribution is 5.90. The van der Waals surface area contributed by atoms with Crippen molar-refractivity contribution in [3.8, 4) is 0 Å². The molecule has 120 valence electrons. The van der Waals surface area contributed by atoms with Gasteiger partial charge in [-0.05, 0) is 45.2 Å². The summed E-state index contributed by atoms with van der Waals surface area (Å²) in [5.74, 6) is 0. The molecule has 0 unspecified atom stereocenters. The number of hydrogen-bond acceptors (Lipinski definition) is 4. The van der Waals surface area contributed by atoms with E-state index in [2.05, 4.69) is 10.6 Å². The smallest absolute Gasteiger partial charge is 0.319 e. The summed E-state index contributed by atoms with van der Waals surface area (Å²) in [6.45, 7) is 5.70. The van der Waals surface area contributed by atoms with Crippen molar-refractivity contribution < 1.29 is 14.5 Å². The lowest BCUT2D eigenvalue weighted by molar-refractivity contribution is -0.384. The SMILES string of the molecule is Cc1cc([N+](=O)[O-])ccc1NC(=O)NC1C[C@@H](C)O[C@H](C)C1. The van der Waals surface area contributed by atoms with Crippen molar-refractivity contribution in [2.45, 2.75) is 51.9 Å². The first kappa shape index (κ1) is 16.2. The van der Waals surface area contributed by atoms with Gasteiger partial charge >= 0.3 is 6.03 Å². The summed E-state index contributed by atoms with van der Waals surface area (Å²) >= 11 is 0. The van der Waals surface area contributed by atoms with Crippen LogP contribution in [0.3, 0.4) is 0 Å². The molecular formula is C15H21N3O4. The number of nitro groups is 1. The Hall–Kier alpha value is -2.15. The van der Waals surface area contributed by atoms with E-state index in [4.69, 9.17) is 4.74 Å². The molecule has 1 aliphatic heterocycles. The van der Waals surface area contributed by atoms with E-state index in [1.165, 1.54) is 12.1 Å². The highest BCUT2D eigenvalue weighted by Crippen LogP contribution is 2.22. The molecule has 0 aromatic heterocycles. The molecule has 1 aromatic carbocycles. The van der Waals surface area contributed by atoms with Gasteiger partial charge in [0.2, 0.25) is 0 Å². The molecule has 2 atom stereocenters. The van der Waals surface area contributed by atoms with Gasteiger partial charge in [-0.3, -0.25) is 10.1 Å². The van der Waals surface area contributed by atoms with Gasteiger partial charge in [0.15, 0.2) is 0 Å². The molecule has 0 aliphatic carbocycles. The molecule has 0 saturated carbocycles. The predicted molar refractivity (Wildman–Crippen MR) is 83.0 cm³/mol. The zero-order valence-corrected chi connectivity index (χ0v) is 13.0. The minimum Gasteiger partial charge on any atom is -0.375 e. The number of nitro benzene ring substituents is 1. The predicted octanol–water partition coefficient (Wildman–Crippen LogP) is 2.98. The van der Waals surface area contributed by atoms with E-state index in [1.807, 2.05) is 13.8 Å². The van der Waals surface area contributed by atoms with Gasteiger partial charge in [0.1, 0.15) is 0 Å². The molecule has 7 nitrogen and oxygen atoms in total. The van der Waals surface area contributed by atoms with E-state index in [1.54, 1.807) is 13.0 Å². The second kappa shape index (κ2) is 6.74. The minimum absolute atomic E-state index is 0.00976. The fraction of sp³-hybridized carbons (Fsp3) is 0.533. The Morgan fingerprint density at radius 1 is 1.32 bits per heavy atom. The Balaban J connectivity index is 1.96. The Morgan fingerprint density at radius 2 is 1.95 bits per heavy atom. The summed E-state index contributed by atoms with van der Waals surface area (Å²) in [6.07, 6.45) is 1.79. The number of nitrogens with zero attached hydrogens (tertiary/aromatic N) is 1. The number of nitrogens with one attached hydrogen (secondary N) is 2. The van der Waals surface area contributed by atoms with Gasteiger partial charge in [-0.1, -0.05) is 0 Å². The Labute approximate surface area is 129 Å². The average Bonchev–Trinajstić information content (AvgIpc) is 2.39. The maximum absolute atomic E-state index is 12.1. The molecule has 1 fully saturated rings. The first-order valence-corrected chi connectivity index (χ1v) is 7.33. The first-order valence-electron chi connectivity index (χ1n) is 7.33. The van der Waals surface area contributed by atoms with Crippen LogP contribution in [0, 0.1) is 17.0 Å². The van der Waals surface area contributed by atoms with Gasteiger partial charge in [0.25, 0.3) is 5.69 Å². The largest absolute Gasteiger partial charge is 0.375 e. The quantitative estimate of drug-likeness (QED) is 0.663. The van der Waals surface area contributed by atoms with Crippen molar-refractivity contribution in [1.29, 1.82) is 0 Å². The maximum atomic E-state index is 12.1. The van der Waals surface area contributed by atoms with Crippen molar-refractivity contribution in [3.63, 3.8) is 0 Å². The van der Waals surface area contributed by atoms with Crippen LogP contribution in [0.4, 0.5) is 16.2 Å². The lowest BCUT2D eigenvalue weighted by Gasteiger charge is -2.32. The second-order valence-corrected chi connectivity index (χ2v) is 5.78. The van der Waals surface area contributed by atoms with E-state index in [9.17, 15) is 14.9 Å². The lowest BCUT2D eigenvalue weighted by Crippen LogP contribution is -2.45. The van der Waals surface area contributed by atoms with Crippen molar-refractivity contribution in [2.24, 2.45) is 0 Å². The third-order valence-corrected chi connectivity index (χ3v) is 3.70. The summed E-state index contributed by atoms with van der Waals surface area (Å²) < 4.78 is 5.64. The van der Waals surface area contributed by atoms with Gasteiger partial charge in [0.05, 0.1) is 17.1 Å². The molecule has 2 rings (SSSR count). The van der Waals surface area contributed by atoms with Crippen LogP contribution in [-0.4, -0.2) is 29.2 Å². The summed E-state index contributed by atoms with van der Waals surface area (Å²) in [5, 5.41) is 16.4. The van der Waals surface area contributed by atoms with Crippen molar-refractivity contribution in [2.75, 3.05) is 5.32 Å². The Bertz CT molecular complexity index is 566. The van der Waals surface area contributed by atoms with Crippen molar-refractivity contribution in [3.05, 3.63) is 33.9 Å². The van der Waals surface area contributed by atoms with E-state index in [0.717, 1.165) is 12.8 Å². The minimum atomic E-state index is -0.457. The number of rotatable bonds is 3. The molecule has 1 aromatic rings. The third kappa shape index (κ3) is 4.17. The fourth-order valence-electron chi connectivity index (χ4n) is 2.77. The van der Waals surface area contributed by atoms with Crippen LogP contribution in [0.1, 0.15) is 32.3 Å². The molecule has 1 saturated heterocycles. The normalized spacial score (nSPS) is 24.6. The van der Waals surface area contributed by atoms with Crippen molar-refractivity contribution >= 4 is 17.4 Å². The van der Waals surface area contributed by atoms with Crippen molar-refractivity contribution in [1.82, 2.24) is 5.32 Å². The van der Waals surface area contributed by atoms with Crippen LogP contribution in [0.15, 0.2) is 18.2 Å². The summed E-state index contributed by atoms with van der Waals surface area (Å²) in [4.78, 5) is 22.3. The number of hydrogen-bond donors (Lipinski definition) is 2. The van der Waals surface area contributed by atoms with Crippen LogP contribution in [0.2, 0.25) is 0 Å². The Kier molecular flexibility index (Phi) is 4.97. The van der Waals surface area contributed by atoms with Crippen LogP contribution in [0.5, 0.6) is 0 Å². The Morgan fingerprint density at radius 3 is 2.50 bits per heavy atom. The average molecular weight is 307 g/mol. The molecule has 7 heteroatoms. The van der Waals surface area contributed by atoms with E-state index >= 15 is 0 Å². The van der Waals surface area contributed by atoms with E-state index in [-0.39, 0.29) is 30.0 Å². The monoisotopic (exact) mass is 307 g/mol. The third-order valence-electron chi connectivity index (χ3n) is 3.70. The standard InChI is InChI=1S/C15H21N3O4/c1-9-6-13(18(20)21)4-5-14(9)17-15(19)16-12-7-10(2)22-11(3)8-12/h4-6,10-12H,7-8H2,1-3H3,(H2,16,17,19)/t10-,11-/m1/s1. The topological polar surface area (TPSA) is 93.5 Å². The van der Waals surface area contributed by atoms with Crippen LogP contribution in [-0.2, 0) is 4.74 Å². The summed E-state index contributed by atoms with van der Waals surface area (Å²) in [7, 11) is 0. The first-order chi connectivity index (χ1) is 10.3. The maximum Gasteiger partial charge on any atom is 0.319 e. The number of benzene rings is 1. The highest BCUT2D eigenvalue weighted by Gasteiger charge is 2.25. The van der Waals surface area contributed by atoms with Gasteiger partial charge < -0.3 is 15.4 Å². The molecule has 2 N–H and O–H groups in total. The van der Waals surface area contributed by atoms with Crippen LogP contribution in [0.25, 0.3) is 0 Å². The molecule has 0 spiro atoms. The van der Waals surface area contributed by atoms with Gasteiger partial charge in [0, 0.05) is 23.9 Å². The number of non-ortho nitro benzene ring substituents is 1. The van der Waals surface area contributed by atoms with Gasteiger partial charge in [-0.15, -0.1) is 0 Å². The van der Waals surface area contributed by atoms with E-state index in [0.29, 0.717) is 11.3 Å². The van der Waals surface area contributed by atoms with Gasteiger partial charge in [-0.2, -0.15) is 0 Å². The summed E-state index contributed by atoms with van der Waals surface area (Å²) in [6, 6.07) is 4.12. The molecule has 0 bridgehead atoms. The zero-order valence-electron chi connectivity index (χ0n) is 13.0. The molecular weight excluding hydrogens is 286 g/mol. The molecule has 1 aliphatic rings. The van der Waals surface area contributed by atoms with Crippen LogP contribution < -0.4 is 10.6 Å². The van der Waals surface area contributed by atoms with Gasteiger partial charge in [-0.25, -0.2) is 4.79 Å². The number of ether oxygens (including phenoxy) is 1. The number of aryl methyl sites for hydroxylation is 1. The molecule has 22 heavy (non-hydrogen) atoms. The zero-order chi connectivity index (χ0) is 16.3. The molecule has 0 radical (unpaired) electrons. The van der Waals surface area contributed by atoms with E-state index < -0.39 is 4.92 Å². The fourth-order valence-corrected chi connectivity index (χ4v) is 2.77. The number of amides is 2. The number of anilines is 1. The lowest BCUT2D eigenvalue weighted by atomic mass is 10.0. The number of carbonyl (C=O) groups is 1. The number of urea groups is 1. The molecule has 2 amide bonds.